The Kier molecular flexibility index (Phi) is 4.12. The average Bonchev–Trinajstić information content (AvgIpc) is 2.19. The van der Waals surface area contributed by atoms with Gasteiger partial charge in [0.2, 0.25) is 0 Å². The maximum Gasteiger partial charge on any atom is 0.151 e. The molecule has 1 aromatic rings. The molecule has 0 amide bonds. The van der Waals surface area contributed by atoms with Crippen molar-refractivity contribution >= 4 is 11.6 Å². The van der Waals surface area contributed by atoms with Gasteiger partial charge in [-0.3, -0.25) is 0 Å². The monoisotopic (exact) mass is 196 g/mol. The van der Waals surface area contributed by atoms with Gasteiger partial charge in [0.25, 0.3) is 0 Å². The first kappa shape index (κ1) is 10.7. The van der Waals surface area contributed by atoms with Crippen molar-refractivity contribution in [3.05, 3.63) is 12.1 Å². The van der Waals surface area contributed by atoms with Crippen LogP contribution in [-0.4, -0.2) is 37.5 Å². The molecule has 0 bridgehead atoms. The predicted molar refractivity (Wildman–Crippen MR) is 56.2 cm³/mol. The number of rotatable bonds is 5. The Labute approximate surface area is 83.9 Å². The van der Waals surface area contributed by atoms with Gasteiger partial charge in [-0.25, -0.2) is 0 Å². The molecular weight excluding hydrogens is 180 g/mol. The molecule has 0 fully saturated rings. The summed E-state index contributed by atoms with van der Waals surface area (Å²) in [6.07, 6.45) is 0.971. The zero-order valence-corrected chi connectivity index (χ0v) is 8.60. The van der Waals surface area contributed by atoms with Crippen LogP contribution in [0, 0.1) is 0 Å². The van der Waals surface area contributed by atoms with Crippen molar-refractivity contribution in [3.63, 3.8) is 0 Å². The summed E-state index contributed by atoms with van der Waals surface area (Å²) in [6, 6.07) is 3.60. The van der Waals surface area contributed by atoms with Crippen LogP contribution in [-0.2, 0) is 4.74 Å². The first-order valence-electron chi connectivity index (χ1n) is 4.53. The van der Waals surface area contributed by atoms with Crippen LogP contribution in [0.25, 0.3) is 0 Å². The molecule has 0 aromatic carbocycles. The largest absolute Gasteiger partial charge is 0.385 e. The molecule has 5 nitrogen and oxygen atoms in total. The molecule has 1 rings (SSSR count). The lowest BCUT2D eigenvalue weighted by molar-refractivity contribution is 0.196. The first-order valence-corrected chi connectivity index (χ1v) is 4.53. The highest BCUT2D eigenvalue weighted by molar-refractivity contribution is 5.40. The van der Waals surface area contributed by atoms with Gasteiger partial charge in [-0.2, -0.15) is 0 Å². The summed E-state index contributed by atoms with van der Waals surface area (Å²) >= 11 is 0. The van der Waals surface area contributed by atoms with E-state index in [0.717, 1.165) is 25.4 Å². The highest BCUT2D eigenvalue weighted by Gasteiger charge is 2.01. The average molecular weight is 196 g/mol. The topological polar surface area (TPSA) is 64.3 Å². The second kappa shape index (κ2) is 5.39. The molecule has 0 spiro atoms. The van der Waals surface area contributed by atoms with E-state index >= 15 is 0 Å². The van der Waals surface area contributed by atoms with Crippen LogP contribution in [0.1, 0.15) is 6.42 Å². The third kappa shape index (κ3) is 3.18. The second-order valence-electron chi connectivity index (χ2n) is 3.08. The summed E-state index contributed by atoms with van der Waals surface area (Å²) in [7, 11) is 3.67. The zero-order chi connectivity index (χ0) is 10.4. The van der Waals surface area contributed by atoms with Crippen molar-refractivity contribution in [1.82, 2.24) is 10.2 Å². The minimum Gasteiger partial charge on any atom is -0.385 e. The fourth-order valence-electron chi connectivity index (χ4n) is 1.10. The summed E-state index contributed by atoms with van der Waals surface area (Å²) in [5.74, 6) is 1.27. The highest BCUT2D eigenvalue weighted by Crippen LogP contribution is 2.07. The van der Waals surface area contributed by atoms with Gasteiger partial charge in [0.1, 0.15) is 5.82 Å². The van der Waals surface area contributed by atoms with Gasteiger partial charge in [0.15, 0.2) is 5.82 Å². The van der Waals surface area contributed by atoms with E-state index in [1.807, 2.05) is 18.0 Å². The van der Waals surface area contributed by atoms with E-state index in [1.54, 1.807) is 13.2 Å². The Hall–Kier alpha value is -1.36. The number of nitrogens with two attached hydrogens (primary N) is 1. The Morgan fingerprint density at radius 2 is 2.21 bits per heavy atom. The van der Waals surface area contributed by atoms with E-state index in [1.165, 1.54) is 0 Å². The molecule has 78 valence electrons. The summed E-state index contributed by atoms with van der Waals surface area (Å²) in [6.45, 7) is 1.65. The lowest BCUT2D eigenvalue weighted by Crippen LogP contribution is -2.21. The molecular formula is C9H16N4O. The minimum atomic E-state index is 0.444. The Bertz CT molecular complexity index is 262. The normalized spacial score (nSPS) is 10.1. The van der Waals surface area contributed by atoms with Crippen LogP contribution in [0.5, 0.6) is 0 Å². The second-order valence-corrected chi connectivity index (χ2v) is 3.08. The number of hydrogen-bond donors (Lipinski definition) is 1. The van der Waals surface area contributed by atoms with Crippen molar-refractivity contribution in [2.45, 2.75) is 6.42 Å². The Morgan fingerprint density at radius 3 is 2.79 bits per heavy atom. The van der Waals surface area contributed by atoms with Crippen LogP contribution in [0.3, 0.4) is 0 Å². The Balaban J connectivity index is 2.43. The molecule has 0 saturated carbocycles. The smallest absolute Gasteiger partial charge is 0.151 e. The molecule has 0 atom stereocenters. The summed E-state index contributed by atoms with van der Waals surface area (Å²) in [5, 5.41) is 7.75. The molecule has 0 radical (unpaired) electrons. The quantitative estimate of drug-likeness (QED) is 0.696. The lowest BCUT2D eigenvalue weighted by atomic mass is 10.4. The van der Waals surface area contributed by atoms with Crippen molar-refractivity contribution < 1.29 is 4.74 Å². The summed E-state index contributed by atoms with van der Waals surface area (Å²) in [5.41, 5.74) is 5.44. The molecule has 1 heterocycles. The number of aromatic nitrogens is 2. The fourth-order valence-corrected chi connectivity index (χ4v) is 1.10. The standard InChI is InChI=1S/C9H16N4O/c1-13(6-3-7-14-2)9-5-4-8(10)11-12-9/h4-5H,3,6-7H2,1-2H3,(H2,10,11). The van der Waals surface area contributed by atoms with Crippen LogP contribution < -0.4 is 10.6 Å². The number of ether oxygens (including phenoxy) is 1. The number of anilines is 2. The molecule has 0 aliphatic heterocycles. The molecule has 0 aliphatic rings. The van der Waals surface area contributed by atoms with Gasteiger partial charge >= 0.3 is 0 Å². The fraction of sp³-hybridized carbons (Fsp3) is 0.556. The van der Waals surface area contributed by atoms with E-state index in [9.17, 15) is 0 Å². The van der Waals surface area contributed by atoms with Crippen molar-refractivity contribution in [3.8, 4) is 0 Å². The van der Waals surface area contributed by atoms with Crippen LogP contribution in [0.15, 0.2) is 12.1 Å². The molecule has 1 aromatic heterocycles. The van der Waals surface area contributed by atoms with Crippen LogP contribution >= 0.6 is 0 Å². The summed E-state index contributed by atoms with van der Waals surface area (Å²) in [4.78, 5) is 2.02. The predicted octanol–water partition coefficient (Wildman–Crippen LogP) is 0.531. The van der Waals surface area contributed by atoms with E-state index in [-0.39, 0.29) is 0 Å². The molecule has 0 unspecified atom stereocenters. The van der Waals surface area contributed by atoms with Crippen molar-refractivity contribution in [2.24, 2.45) is 0 Å². The van der Waals surface area contributed by atoms with Gasteiger partial charge in [-0.05, 0) is 18.6 Å². The maximum absolute atomic E-state index is 5.44. The number of nitrogens with zero attached hydrogens (tertiary/aromatic N) is 3. The van der Waals surface area contributed by atoms with Crippen LogP contribution in [0.2, 0.25) is 0 Å². The number of hydrogen-bond acceptors (Lipinski definition) is 5. The summed E-state index contributed by atoms with van der Waals surface area (Å²) < 4.78 is 4.96. The van der Waals surface area contributed by atoms with Gasteiger partial charge in [0, 0.05) is 27.3 Å². The zero-order valence-electron chi connectivity index (χ0n) is 8.60. The van der Waals surface area contributed by atoms with Gasteiger partial charge < -0.3 is 15.4 Å². The van der Waals surface area contributed by atoms with E-state index in [4.69, 9.17) is 10.5 Å². The highest BCUT2D eigenvalue weighted by atomic mass is 16.5. The molecule has 0 saturated heterocycles. The molecule has 0 aliphatic carbocycles. The third-order valence-corrected chi connectivity index (χ3v) is 1.90. The van der Waals surface area contributed by atoms with Crippen molar-refractivity contribution in [1.29, 1.82) is 0 Å². The number of methoxy groups -OCH3 is 1. The lowest BCUT2D eigenvalue weighted by Gasteiger charge is -2.16. The van der Waals surface area contributed by atoms with E-state index < -0.39 is 0 Å². The maximum atomic E-state index is 5.44. The first-order chi connectivity index (χ1) is 6.74. The Morgan fingerprint density at radius 1 is 1.43 bits per heavy atom. The van der Waals surface area contributed by atoms with Gasteiger partial charge in [-0.1, -0.05) is 0 Å². The van der Waals surface area contributed by atoms with E-state index in [2.05, 4.69) is 10.2 Å². The number of nitrogen functional groups attached to an aromatic ring is 1. The molecule has 5 heteroatoms. The van der Waals surface area contributed by atoms with Gasteiger partial charge in [-0.15, -0.1) is 10.2 Å². The SMILES string of the molecule is COCCCN(C)c1ccc(N)nn1. The van der Waals surface area contributed by atoms with Crippen molar-refractivity contribution in [2.75, 3.05) is 37.9 Å². The van der Waals surface area contributed by atoms with Gasteiger partial charge in [0.05, 0.1) is 0 Å². The third-order valence-electron chi connectivity index (χ3n) is 1.90. The van der Waals surface area contributed by atoms with Crippen LogP contribution in [0.4, 0.5) is 11.6 Å². The van der Waals surface area contributed by atoms with E-state index in [0.29, 0.717) is 5.82 Å². The molecule has 2 N–H and O–H groups in total. The molecule has 14 heavy (non-hydrogen) atoms. The minimum absolute atomic E-state index is 0.444.